The number of nitrogens with zero attached hydrogens (tertiary/aromatic N) is 1. The van der Waals surface area contributed by atoms with E-state index in [4.69, 9.17) is 14.2 Å². The molecule has 2 heterocycles. The maximum Gasteiger partial charge on any atom is 0.124 e. The van der Waals surface area contributed by atoms with Crippen LogP contribution in [0.1, 0.15) is 19.3 Å². The molecule has 2 saturated heterocycles. The molecule has 0 radical (unpaired) electrons. The van der Waals surface area contributed by atoms with Crippen molar-refractivity contribution in [1.29, 1.82) is 0 Å². The van der Waals surface area contributed by atoms with E-state index in [1.165, 1.54) is 6.42 Å². The van der Waals surface area contributed by atoms with Crippen molar-refractivity contribution in [1.82, 2.24) is 4.90 Å². The number of hydrogen-bond acceptors (Lipinski definition) is 5. The van der Waals surface area contributed by atoms with Gasteiger partial charge in [-0.3, -0.25) is 4.90 Å². The first-order chi connectivity index (χ1) is 10.8. The maximum absolute atomic E-state index is 5.50. The van der Waals surface area contributed by atoms with Gasteiger partial charge in [-0.15, -0.1) is 0 Å². The molecule has 0 bridgehead atoms. The largest absolute Gasteiger partial charge is 0.497 e. The van der Waals surface area contributed by atoms with Crippen molar-refractivity contribution in [3.05, 3.63) is 18.2 Å². The molecular formula is C17H26N2O3. The summed E-state index contributed by atoms with van der Waals surface area (Å²) in [5.74, 6) is 1.64. The van der Waals surface area contributed by atoms with E-state index in [-0.39, 0.29) is 0 Å². The molecule has 3 rings (SSSR count). The number of benzene rings is 1. The van der Waals surface area contributed by atoms with Crippen molar-refractivity contribution in [3.8, 4) is 11.5 Å². The molecular weight excluding hydrogens is 280 g/mol. The van der Waals surface area contributed by atoms with Crippen LogP contribution in [0, 0.1) is 0 Å². The predicted octanol–water partition coefficient (Wildman–Crippen LogP) is 2.37. The van der Waals surface area contributed by atoms with Gasteiger partial charge in [0.05, 0.1) is 20.8 Å². The SMILES string of the molecule is COc1cc(NC2CCN(C3CCOC3)CC2)cc(OC)c1. The van der Waals surface area contributed by atoms with Crippen LogP contribution in [0.15, 0.2) is 18.2 Å². The van der Waals surface area contributed by atoms with Gasteiger partial charge in [-0.2, -0.15) is 0 Å². The molecule has 5 nitrogen and oxygen atoms in total. The van der Waals surface area contributed by atoms with E-state index in [0.29, 0.717) is 12.1 Å². The lowest BCUT2D eigenvalue weighted by atomic mass is 10.0. The zero-order valence-corrected chi connectivity index (χ0v) is 13.5. The summed E-state index contributed by atoms with van der Waals surface area (Å²) in [6, 6.07) is 7.10. The first-order valence-corrected chi connectivity index (χ1v) is 8.10. The van der Waals surface area contributed by atoms with E-state index < -0.39 is 0 Å². The number of rotatable bonds is 5. The van der Waals surface area contributed by atoms with Crippen LogP contribution in [-0.4, -0.2) is 57.5 Å². The third-order valence-electron chi connectivity index (χ3n) is 4.67. The molecule has 0 spiro atoms. The fourth-order valence-electron chi connectivity index (χ4n) is 3.35. The van der Waals surface area contributed by atoms with Crippen molar-refractivity contribution in [3.63, 3.8) is 0 Å². The van der Waals surface area contributed by atoms with Gasteiger partial charge in [0.2, 0.25) is 0 Å². The lowest BCUT2D eigenvalue weighted by Gasteiger charge is -2.36. The Balaban J connectivity index is 1.56. The highest BCUT2D eigenvalue weighted by Gasteiger charge is 2.27. The van der Waals surface area contributed by atoms with Crippen molar-refractivity contribution < 1.29 is 14.2 Å². The van der Waals surface area contributed by atoms with Gasteiger partial charge in [0, 0.05) is 55.7 Å². The molecule has 1 atom stereocenters. The fourth-order valence-corrected chi connectivity index (χ4v) is 3.35. The number of anilines is 1. The average Bonchev–Trinajstić information content (AvgIpc) is 3.09. The van der Waals surface area contributed by atoms with Crippen LogP contribution in [0.2, 0.25) is 0 Å². The van der Waals surface area contributed by atoms with Crippen molar-refractivity contribution in [2.24, 2.45) is 0 Å². The fraction of sp³-hybridized carbons (Fsp3) is 0.647. The molecule has 0 saturated carbocycles. The summed E-state index contributed by atoms with van der Waals surface area (Å²) >= 11 is 0. The summed E-state index contributed by atoms with van der Waals surface area (Å²) < 4.78 is 16.2. The third-order valence-corrected chi connectivity index (χ3v) is 4.67. The first kappa shape index (κ1) is 15.4. The summed E-state index contributed by atoms with van der Waals surface area (Å²) in [6.07, 6.45) is 3.51. The molecule has 22 heavy (non-hydrogen) atoms. The topological polar surface area (TPSA) is 43.0 Å². The predicted molar refractivity (Wildman–Crippen MR) is 87.0 cm³/mol. The normalized spacial score (nSPS) is 23.5. The van der Waals surface area contributed by atoms with Crippen molar-refractivity contribution >= 4 is 5.69 Å². The highest BCUT2D eigenvalue weighted by atomic mass is 16.5. The van der Waals surface area contributed by atoms with Gasteiger partial charge in [-0.05, 0) is 19.3 Å². The first-order valence-electron chi connectivity index (χ1n) is 8.10. The van der Waals surface area contributed by atoms with Gasteiger partial charge < -0.3 is 19.5 Å². The lowest BCUT2D eigenvalue weighted by Crippen LogP contribution is -2.44. The summed E-state index contributed by atoms with van der Waals surface area (Å²) in [5, 5.41) is 3.62. The van der Waals surface area contributed by atoms with Crippen LogP contribution in [0.25, 0.3) is 0 Å². The van der Waals surface area contributed by atoms with Crippen LogP contribution in [-0.2, 0) is 4.74 Å². The smallest absolute Gasteiger partial charge is 0.124 e. The standard InChI is InChI=1S/C17H26N2O3/c1-20-16-9-14(10-17(11-16)21-2)18-13-3-6-19(7-4-13)15-5-8-22-12-15/h9-11,13,15,18H,3-8,12H2,1-2H3. The van der Waals surface area contributed by atoms with E-state index >= 15 is 0 Å². The highest BCUT2D eigenvalue weighted by molar-refractivity contribution is 5.54. The Hall–Kier alpha value is -1.46. The number of nitrogens with one attached hydrogen (secondary N) is 1. The zero-order chi connectivity index (χ0) is 15.4. The number of hydrogen-bond donors (Lipinski definition) is 1. The Labute approximate surface area is 132 Å². The molecule has 1 aromatic carbocycles. The molecule has 122 valence electrons. The number of piperidine rings is 1. The Morgan fingerprint density at radius 3 is 2.27 bits per heavy atom. The molecule has 0 amide bonds. The van der Waals surface area contributed by atoms with Crippen LogP contribution >= 0.6 is 0 Å². The Kier molecular flexibility index (Phi) is 5.05. The second-order valence-electron chi connectivity index (χ2n) is 6.07. The van der Waals surface area contributed by atoms with Crippen LogP contribution < -0.4 is 14.8 Å². The van der Waals surface area contributed by atoms with Gasteiger partial charge in [0.15, 0.2) is 0 Å². The summed E-state index contributed by atoms with van der Waals surface area (Å²) in [5.41, 5.74) is 1.07. The summed E-state index contributed by atoms with van der Waals surface area (Å²) in [4.78, 5) is 2.58. The van der Waals surface area contributed by atoms with Gasteiger partial charge in [0.25, 0.3) is 0 Å². The quantitative estimate of drug-likeness (QED) is 0.904. The molecule has 2 aliphatic rings. The van der Waals surface area contributed by atoms with Gasteiger partial charge in [0.1, 0.15) is 11.5 Å². The van der Waals surface area contributed by atoms with Gasteiger partial charge in [-0.25, -0.2) is 0 Å². The lowest BCUT2D eigenvalue weighted by molar-refractivity contribution is 0.124. The minimum atomic E-state index is 0.510. The van der Waals surface area contributed by atoms with Crippen LogP contribution in [0.4, 0.5) is 5.69 Å². The van der Waals surface area contributed by atoms with E-state index in [0.717, 1.165) is 56.3 Å². The second kappa shape index (κ2) is 7.20. The molecule has 1 unspecified atom stereocenters. The average molecular weight is 306 g/mol. The Morgan fingerprint density at radius 1 is 1.05 bits per heavy atom. The zero-order valence-electron chi connectivity index (χ0n) is 13.5. The van der Waals surface area contributed by atoms with Gasteiger partial charge >= 0.3 is 0 Å². The van der Waals surface area contributed by atoms with E-state index in [9.17, 15) is 0 Å². The summed E-state index contributed by atoms with van der Waals surface area (Å²) in [7, 11) is 3.36. The van der Waals surface area contributed by atoms with E-state index in [1.807, 2.05) is 18.2 Å². The monoisotopic (exact) mass is 306 g/mol. The maximum atomic E-state index is 5.50. The third kappa shape index (κ3) is 3.65. The molecule has 2 fully saturated rings. The van der Waals surface area contributed by atoms with Crippen molar-refractivity contribution in [2.75, 3.05) is 45.8 Å². The molecule has 1 N–H and O–H groups in total. The second-order valence-corrected chi connectivity index (χ2v) is 6.07. The minimum Gasteiger partial charge on any atom is -0.497 e. The van der Waals surface area contributed by atoms with Crippen molar-refractivity contribution in [2.45, 2.75) is 31.3 Å². The number of ether oxygens (including phenoxy) is 3. The highest BCUT2D eigenvalue weighted by Crippen LogP contribution is 2.28. The van der Waals surface area contributed by atoms with Crippen LogP contribution in [0.5, 0.6) is 11.5 Å². The molecule has 2 aliphatic heterocycles. The van der Waals surface area contributed by atoms with E-state index in [2.05, 4.69) is 10.2 Å². The number of methoxy groups -OCH3 is 2. The minimum absolute atomic E-state index is 0.510. The Morgan fingerprint density at radius 2 is 1.73 bits per heavy atom. The molecule has 0 aromatic heterocycles. The van der Waals surface area contributed by atoms with E-state index in [1.54, 1.807) is 14.2 Å². The molecule has 1 aromatic rings. The molecule has 0 aliphatic carbocycles. The summed E-state index contributed by atoms with van der Waals surface area (Å²) in [6.45, 7) is 4.12. The Bertz CT molecular complexity index is 459. The number of likely N-dealkylation sites (tertiary alicyclic amines) is 1. The molecule has 5 heteroatoms. The van der Waals surface area contributed by atoms with Gasteiger partial charge in [-0.1, -0.05) is 0 Å². The van der Waals surface area contributed by atoms with Crippen LogP contribution in [0.3, 0.4) is 0 Å².